The van der Waals surface area contributed by atoms with Crippen molar-refractivity contribution in [3.63, 3.8) is 0 Å². The Morgan fingerprint density at radius 3 is 0.649 bits per heavy atom. The van der Waals surface area contributed by atoms with E-state index in [2.05, 4.69) is 149 Å². The van der Waals surface area contributed by atoms with Gasteiger partial charge in [0.05, 0.1) is 0 Å². The van der Waals surface area contributed by atoms with Crippen LogP contribution in [0.25, 0.3) is 0 Å². The molecule has 1 heteroatoms. The molecule has 0 spiro atoms. The van der Waals surface area contributed by atoms with Crippen LogP contribution < -0.4 is 8.92 Å². The average Bonchev–Trinajstić information content (AvgIpc) is 2.62. The van der Waals surface area contributed by atoms with Gasteiger partial charge in [-0.2, -0.15) is 0 Å². The van der Waals surface area contributed by atoms with Gasteiger partial charge in [0, 0.05) is 0 Å². The van der Waals surface area contributed by atoms with E-state index in [9.17, 15) is 0 Å². The first-order valence-corrected chi connectivity index (χ1v) is 15.9. The zero-order chi connectivity index (χ0) is 29.2. The van der Waals surface area contributed by atoms with Crippen LogP contribution in [0, 0.1) is 0 Å². The number of benzene rings is 2. The summed E-state index contributed by atoms with van der Waals surface area (Å²) >= 11 is 0.184. The molecule has 37 heavy (non-hydrogen) atoms. The van der Waals surface area contributed by atoms with Crippen LogP contribution in [0.4, 0.5) is 0 Å². The van der Waals surface area contributed by atoms with Gasteiger partial charge in [0.25, 0.3) is 0 Å². The van der Waals surface area contributed by atoms with E-state index in [-0.39, 0.29) is 47.4 Å². The van der Waals surface area contributed by atoms with Gasteiger partial charge in [-0.1, -0.05) is 0 Å². The predicted octanol–water partition coefficient (Wildman–Crippen LogP) is 9.13. The molecule has 0 amide bonds. The third-order valence-electron chi connectivity index (χ3n) is 7.35. The van der Waals surface area contributed by atoms with Crippen LogP contribution in [-0.2, 0) is 32.5 Å². The topological polar surface area (TPSA) is 0 Å². The molecule has 0 saturated carbocycles. The van der Waals surface area contributed by atoms with Gasteiger partial charge < -0.3 is 0 Å². The molecule has 0 N–H and O–H groups in total. The summed E-state index contributed by atoms with van der Waals surface area (Å²) in [5.74, 6) is 0. The molecule has 0 saturated heterocycles. The van der Waals surface area contributed by atoms with Crippen LogP contribution in [0.1, 0.15) is 158 Å². The zero-order valence-electron chi connectivity index (χ0n) is 27.7. The van der Waals surface area contributed by atoms with Gasteiger partial charge in [-0.3, -0.25) is 0 Å². The van der Waals surface area contributed by atoms with Crippen molar-refractivity contribution in [1.29, 1.82) is 0 Å². The van der Waals surface area contributed by atoms with Crippen LogP contribution in [0.5, 0.6) is 0 Å². The Labute approximate surface area is 238 Å². The maximum atomic E-state index is 2.55. The minimum absolute atomic E-state index is 0.0769. The Morgan fingerprint density at radius 1 is 0.324 bits per heavy atom. The second kappa shape index (κ2) is 9.86. The average molecular weight is 570 g/mol. The zero-order valence-corrected chi connectivity index (χ0v) is 29.4. The molecule has 0 nitrogen and oxygen atoms in total. The van der Waals surface area contributed by atoms with Crippen LogP contribution in [0.2, 0.25) is 0 Å². The van der Waals surface area contributed by atoms with Gasteiger partial charge in [-0.25, -0.2) is 0 Å². The summed E-state index contributed by atoms with van der Waals surface area (Å²) in [6, 6.07) is 10.2. The standard InChI is InChI=1S/C36H58Se/c1-31(2,3)23-19-25(33(7,8)9)29(26(20-23)34(10,11)12)37-30-27(35(13,14)15)21-24(32(4,5)6)22-28(30)36(16,17)18/h19-22H,1-18H3. The van der Waals surface area contributed by atoms with E-state index in [4.69, 9.17) is 0 Å². The summed E-state index contributed by atoms with van der Waals surface area (Å²) in [4.78, 5) is 0. The number of rotatable bonds is 2. The fraction of sp³-hybridized carbons (Fsp3) is 0.667. The van der Waals surface area contributed by atoms with Crippen molar-refractivity contribution in [2.45, 2.75) is 157 Å². The molecule has 0 bridgehead atoms. The van der Waals surface area contributed by atoms with Crippen LogP contribution in [0.3, 0.4) is 0 Å². The molecule has 0 fully saturated rings. The molecular formula is C36H58Se. The molecular weight excluding hydrogens is 511 g/mol. The minimum atomic E-state index is 0.0769. The number of hydrogen-bond acceptors (Lipinski definition) is 0. The van der Waals surface area contributed by atoms with E-state index >= 15 is 0 Å². The second-order valence-electron chi connectivity index (χ2n) is 17.4. The van der Waals surface area contributed by atoms with Crippen LogP contribution >= 0.6 is 0 Å². The molecule has 2 rings (SSSR count). The van der Waals surface area contributed by atoms with Crippen molar-refractivity contribution in [3.05, 3.63) is 57.6 Å². The summed E-state index contributed by atoms with van der Waals surface area (Å²) in [6.45, 7) is 42.9. The number of hydrogen-bond donors (Lipinski definition) is 0. The normalized spacial score (nSPS) is 14.3. The SMILES string of the molecule is CC(C)(C)c1cc(C(C)(C)C)c([Se]c2c(C(C)(C)C)cc(C(C)(C)C)cc2C(C)(C)C)c(C(C)(C)C)c1. The Hall–Kier alpha value is -1.04. The molecule has 0 heterocycles. The maximum absolute atomic E-state index is 2.55. The van der Waals surface area contributed by atoms with E-state index in [0.29, 0.717) is 0 Å². The molecule has 0 aliphatic heterocycles. The summed E-state index contributed by atoms with van der Waals surface area (Å²) in [6.07, 6.45) is 0. The summed E-state index contributed by atoms with van der Waals surface area (Å²) in [5, 5.41) is 0. The Kier molecular flexibility index (Phi) is 8.57. The summed E-state index contributed by atoms with van der Waals surface area (Å²) in [5.41, 5.74) is 9.58. The summed E-state index contributed by atoms with van der Waals surface area (Å²) < 4.78 is 3.19. The van der Waals surface area contributed by atoms with Crippen LogP contribution in [0.15, 0.2) is 24.3 Å². The van der Waals surface area contributed by atoms with E-state index in [1.165, 1.54) is 33.4 Å². The second-order valence-corrected chi connectivity index (χ2v) is 19.5. The van der Waals surface area contributed by atoms with Crippen molar-refractivity contribution in [3.8, 4) is 0 Å². The molecule has 0 aliphatic carbocycles. The van der Waals surface area contributed by atoms with Crippen molar-refractivity contribution in [2.75, 3.05) is 0 Å². The molecule has 2 aromatic carbocycles. The van der Waals surface area contributed by atoms with Gasteiger partial charge in [0.15, 0.2) is 0 Å². The first-order chi connectivity index (χ1) is 16.1. The van der Waals surface area contributed by atoms with Crippen LogP contribution in [-0.4, -0.2) is 15.0 Å². The van der Waals surface area contributed by atoms with E-state index in [1.54, 1.807) is 8.92 Å². The van der Waals surface area contributed by atoms with E-state index < -0.39 is 0 Å². The first kappa shape index (κ1) is 32.2. The molecule has 0 aromatic heterocycles. The van der Waals surface area contributed by atoms with Gasteiger partial charge in [0.1, 0.15) is 0 Å². The van der Waals surface area contributed by atoms with E-state index in [0.717, 1.165) is 0 Å². The summed E-state index contributed by atoms with van der Waals surface area (Å²) in [7, 11) is 0. The van der Waals surface area contributed by atoms with Gasteiger partial charge in [-0.15, -0.1) is 0 Å². The predicted molar refractivity (Wildman–Crippen MR) is 170 cm³/mol. The van der Waals surface area contributed by atoms with Gasteiger partial charge in [-0.05, 0) is 0 Å². The van der Waals surface area contributed by atoms with E-state index in [1.807, 2.05) is 0 Å². The fourth-order valence-electron chi connectivity index (χ4n) is 4.67. The molecule has 208 valence electrons. The molecule has 0 unspecified atom stereocenters. The molecule has 0 atom stereocenters. The Morgan fingerprint density at radius 2 is 0.514 bits per heavy atom. The Balaban J connectivity index is 3.12. The van der Waals surface area contributed by atoms with Gasteiger partial charge in [0.2, 0.25) is 0 Å². The first-order valence-electron chi connectivity index (χ1n) is 14.2. The molecule has 2 aromatic rings. The fourth-order valence-corrected chi connectivity index (χ4v) is 9.09. The van der Waals surface area contributed by atoms with Crippen molar-refractivity contribution in [1.82, 2.24) is 0 Å². The quantitative estimate of drug-likeness (QED) is 0.316. The van der Waals surface area contributed by atoms with Crippen molar-refractivity contribution >= 4 is 23.9 Å². The monoisotopic (exact) mass is 570 g/mol. The Bertz CT molecular complexity index is 957. The molecule has 0 aliphatic rings. The van der Waals surface area contributed by atoms with Gasteiger partial charge >= 0.3 is 239 Å². The third-order valence-corrected chi connectivity index (χ3v) is 10.0. The molecule has 0 radical (unpaired) electrons. The van der Waals surface area contributed by atoms with Crippen molar-refractivity contribution < 1.29 is 0 Å². The third kappa shape index (κ3) is 7.54. The van der Waals surface area contributed by atoms with Crippen molar-refractivity contribution in [2.24, 2.45) is 0 Å².